The molecule has 0 aromatic heterocycles. The Bertz CT molecular complexity index is 656. The van der Waals surface area contributed by atoms with E-state index in [-0.39, 0.29) is 29.0 Å². The lowest BCUT2D eigenvalue weighted by Crippen LogP contribution is -2.53. The molecular formula is C21H30O4. The average molecular weight is 346 g/mol. The summed E-state index contributed by atoms with van der Waals surface area (Å²) in [4.78, 5) is 11.3. The normalized spacial score (nSPS) is 56.0. The highest BCUT2D eigenvalue weighted by Gasteiger charge is 2.77. The van der Waals surface area contributed by atoms with Crippen LogP contribution < -0.4 is 0 Å². The molecular weight excluding hydrogens is 316 g/mol. The molecule has 4 fully saturated rings. The Morgan fingerprint density at radius 1 is 1.28 bits per heavy atom. The van der Waals surface area contributed by atoms with Crippen molar-refractivity contribution < 1.29 is 19.4 Å². The number of ether oxygens (including phenoxy) is 2. The molecule has 0 unspecified atom stereocenters. The lowest BCUT2D eigenvalue weighted by molar-refractivity contribution is -0.155. The van der Waals surface area contributed by atoms with Crippen molar-refractivity contribution in [3.63, 3.8) is 0 Å². The fourth-order valence-electron chi connectivity index (χ4n) is 7.29. The summed E-state index contributed by atoms with van der Waals surface area (Å²) < 4.78 is 11.2. The van der Waals surface area contributed by atoms with Crippen LogP contribution in [0.2, 0.25) is 0 Å². The van der Waals surface area contributed by atoms with Gasteiger partial charge in [0.1, 0.15) is 12.2 Å². The SMILES string of the molecule is CC(=O)O[C@@H]1CC[C@@]2(C)C(=CC[C@H]3[C@H]2CC[C@@]2(C)[C@@H]3C[C@H]3O[C@]32O)C1. The predicted octanol–water partition coefficient (Wildman–Crippen LogP) is 3.58. The van der Waals surface area contributed by atoms with E-state index in [0.717, 1.165) is 38.5 Å². The van der Waals surface area contributed by atoms with E-state index in [9.17, 15) is 9.90 Å². The Kier molecular flexibility index (Phi) is 3.19. The molecule has 0 aromatic carbocycles. The number of fused-ring (bicyclic) bond motifs is 7. The number of esters is 1. The van der Waals surface area contributed by atoms with Crippen LogP contribution in [0.3, 0.4) is 0 Å². The minimum absolute atomic E-state index is 0.0600. The zero-order valence-electron chi connectivity index (χ0n) is 15.6. The second-order valence-electron chi connectivity index (χ2n) is 9.73. The van der Waals surface area contributed by atoms with Crippen LogP contribution in [0.15, 0.2) is 11.6 Å². The van der Waals surface area contributed by atoms with Crippen molar-refractivity contribution >= 4 is 5.97 Å². The number of hydrogen-bond acceptors (Lipinski definition) is 4. The van der Waals surface area contributed by atoms with Crippen LogP contribution >= 0.6 is 0 Å². The van der Waals surface area contributed by atoms with Crippen molar-refractivity contribution in [1.82, 2.24) is 0 Å². The second kappa shape index (κ2) is 4.89. The van der Waals surface area contributed by atoms with Gasteiger partial charge < -0.3 is 14.6 Å². The first-order valence-electron chi connectivity index (χ1n) is 10.0. The van der Waals surface area contributed by atoms with E-state index in [1.807, 2.05) is 0 Å². The predicted molar refractivity (Wildman–Crippen MR) is 92.5 cm³/mol. The zero-order chi connectivity index (χ0) is 17.6. The third kappa shape index (κ3) is 1.98. The summed E-state index contributed by atoms with van der Waals surface area (Å²) in [6.45, 7) is 6.22. The number of carbonyl (C=O) groups is 1. The summed E-state index contributed by atoms with van der Waals surface area (Å²) in [5.41, 5.74) is 1.71. The third-order valence-electron chi connectivity index (χ3n) is 8.77. The van der Waals surface area contributed by atoms with Gasteiger partial charge in [-0.3, -0.25) is 4.79 Å². The van der Waals surface area contributed by atoms with Crippen molar-refractivity contribution in [1.29, 1.82) is 0 Å². The molecule has 0 spiro atoms. The third-order valence-corrected chi connectivity index (χ3v) is 8.77. The van der Waals surface area contributed by atoms with E-state index in [2.05, 4.69) is 19.9 Å². The van der Waals surface area contributed by atoms with Gasteiger partial charge in [0.2, 0.25) is 0 Å². The van der Waals surface area contributed by atoms with E-state index >= 15 is 0 Å². The standard InChI is InChI=1S/C21H30O4/c1-12(22)24-14-6-8-19(2)13(10-14)4-5-15-16(19)7-9-20(3)17(15)11-18-21(20,23)25-18/h4,14-18,23H,5-11H2,1-3H3/t14-,15+,16-,17-,18-,19+,20+,21-/m1/s1. The number of hydrogen-bond donors (Lipinski definition) is 1. The first kappa shape index (κ1) is 16.3. The highest BCUT2D eigenvalue weighted by Crippen LogP contribution is 2.72. The maximum Gasteiger partial charge on any atom is 0.302 e. The van der Waals surface area contributed by atoms with Crippen LogP contribution in [0, 0.1) is 28.6 Å². The molecule has 138 valence electrons. The van der Waals surface area contributed by atoms with Crippen molar-refractivity contribution in [2.24, 2.45) is 28.6 Å². The highest BCUT2D eigenvalue weighted by atomic mass is 16.7. The molecule has 8 atom stereocenters. The summed E-state index contributed by atoms with van der Waals surface area (Å²) in [6.07, 6.45) is 10.0. The summed E-state index contributed by atoms with van der Waals surface area (Å²) >= 11 is 0. The summed E-state index contributed by atoms with van der Waals surface area (Å²) in [6, 6.07) is 0. The number of rotatable bonds is 1. The second-order valence-corrected chi connectivity index (χ2v) is 9.73. The molecule has 4 heteroatoms. The van der Waals surface area contributed by atoms with Crippen LogP contribution in [-0.2, 0) is 14.3 Å². The van der Waals surface area contributed by atoms with Crippen LogP contribution in [0.1, 0.15) is 65.7 Å². The number of aliphatic hydroxyl groups is 1. The smallest absolute Gasteiger partial charge is 0.302 e. The van der Waals surface area contributed by atoms with E-state index < -0.39 is 5.79 Å². The molecule has 1 N–H and O–H groups in total. The zero-order valence-corrected chi connectivity index (χ0v) is 15.6. The Morgan fingerprint density at radius 2 is 2.08 bits per heavy atom. The van der Waals surface area contributed by atoms with Gasteiger partial charge in [0.15, 0.2) is 5.79 Å². The Morgan fingerprint density at radius 3 is 2.84 bits per heavy atom. The van der Waals surface area contributed by atoms with E-state index in [1.165, 1.54) is 18.9 Å². The lowest BCUT2D eigenvalue weighted by atomic mass is 9.47. The van der Waals surface area contributed by atoms with Crippen LogP contribution in [0.25, 0.3) is 0 Å². The van der Waals surface area contributed by atoms with Gasteiger partial charge >= 0.3 is 5.97 Å². The fourth-order valence-corrected chi connectivity index (χ4v) is 7.29. The topological polar surface area (TPSA) is 59.1 Å². The maximum absolute atomic E-state index is 11.3. The molecule has 0 bridgehead atoms. The summed E-state index contributed by atoms with van der Waals surface area (Å²) in [5.74, 6) is 0.953. The largest absolute Gasteiger partial charge is 0.462 e. The number of allylic oxidation sites excluding steroid dienone is 1. The minimum Gasteiger partial charge on any atom is -0.462 e. The van der Waals surface area contributed by atoms with Gasteiger partial charge in [-0.05, 0) is 61.7 Å². The molecule has 0 aromatic rings. The molecule has 0 radical (unpaired) electrons. The van der Waals surface area contributed by atoms with Gasteiger partial charge in [-0.25, -0.2) is 0 Å². The average Bonchev–Trinajstić information content (AvgIpc) is 3.16. The van der Waals surface area contributed by atoms with Crippen molar-refractivity contribution in [3.05, 3.63) is 11.6 Å². The van der Waals surface area contributed by atoms with Gasteiger partial charge in [0, 0.05) is 18.8 Å². The Balaban J connectivity index is 1.42. The van der Waals surface area contributed by atoms with Crippen molar-refractivity contribution in [3.8, 4) is 0 Å². The highest BCUT2D eigenvalue weighted by molar-refractivity contribution is 5.66. The molecule has 1 heterocycles. The number of carbonyl (C=O) groups excluding carboxylic acids is 1. The molecule has 5 aliphatic rings. The first-order valence-corrected chi connectivity index (χ1v) is 10.0. The molecule has 5 rings (SSSR count). The van der Waals surface area contributed by atoms with Crippen LogP contribution in [-0.4, -0.2) is 29.1 Å². The van der Waals surface area contributed by atoms with E-state index in [1.54, 1.807) is 0 Å². The van der Waals surface area contributed by atoms with Crippen LogP contribution in [0.5, 0.6) is 0 Å². The lowest BCUT2D eigenvalue weighted by Gasteiger charge is -2.58. The van der Waals surface area contributed by atoms with Crippen LogP contribution in [0.4, 0.5) is 0 Å². The van der Waals surface area contributed by atoms with Gasteiger partial charge in [-0.15, -0.1) is 0 Å². The van der Waals surface area contributed by atoms with Gasteiger partial charge in [0.25, 0.3) is 0 Å². The first-order chi connectivity index (χ1) is 11.8. The van der Waals surface area contributed by atoms with Gasteiger partial charge in [0.05, 0.1) is 0 Å². The fraction of sp³-hybridized carbons (Fsp3) is 0.857. The molecule has 1 saturated heterocycles. The molecule has 4 aliphatic carbocycles. The summed E-state index contributed by atoms with van der Waals surface area (Å²) in [7, 11) is 0. The van der Waals surface area contributed by atoms with Crippen molar-refractivity contribution in [2.75, 3.05) is 0 Å². The van der Waals surface area contributed by atoms with E-state index in [4.69, 9.17) is 9.47 Å². The molecule has 0 amide bonds. The number of epoxide rings is 1. The quantitative estimate of drug-likeness (QED) is 0.448. The van der Waals surface area contributed by atoms with Gasteiger partial charge in [-0.2, -0.15) is 0 Å². The maximum atomic E-state index is 11.3. The summed E-state index contributed by atoms with van der Waals surface area (Å²) in [5, 5.41) is 10.8. The van der Waals surface area contributed by atoms with E-state index in [0.29, 0.717) is 17.8 Å². The van der Waals surface area contributed by atoms with Gasteiger partial charge in [-0.1, -0.05) is 25.5 Å². The molecule has 25 heavy (non-hydrogen) atoms. The Hall–Kier alpha value is -0.870. The molecule has 4 nitrogen and oxygen atoms in total. The molecule has 1 aliphatic heterocycles. The molecule has 3 saturated carbocycles. The van der Waals surface area contributed by atoms with Crippen molar-refractivity contribution in [2.45, 2.75) is 83.7 Å². The monoisotopic (exact) mass is 346 g/mol. The minimum atomic E-state index is -0.833. The Labute approximate surface area is 150 Å².